The number of carboxylic acid groups (broad SMARTS) is 1. The molecule has 0 bridgehead atoms. The summed E-state index contributed by atoms with van der Waals surface area (Å²) in [5.41, 5.74) is 3.45. The fourth-order valence-corrected chi connectivity index (χ4v) is 4.47. The summed E-state index contributed by atoms with van der Waals surface area (Å²) in [5.74, 6) is -1.38. The molecule has 0 heterocycles. The van der Waals surface area contributed by atoms with Crippen molar-refractivity contribution in [2.24, 2.45) is 5.92 Å². The fourth-order valence-electron chi connectivity index (χ4n) is 4.47. The summed E-state index contributed by atoms with van der Waals surface area (Å²) >= 11 is 0. The van der Waals surface area contributed by atoms with Crippen LogP contribution in [0.15, 0.2) is 48.5 Å². The second kappa shape index (κ2) is 8.65. The minimum atomic E-state index is -1.07. The Morgan fingerprint density at radius 1 is 1.06 bits per heavy atom. The van der Waals surface area contributed by atoms with Crippen LogP contribution in [-0.2, 0) is 14.3 Å². The summed E-state index contributed by atoms with van der Waals surface area (Å²) < 4.78 is 5.57. The van der Waals surface area contributed by atoms with E-state index in [1.54, 1.807) is 0 Å². The average molecular weight is 437 g/mol. The molecular formula is C25H28N2O5. The minimum absolute atomic E-state index is 0.0662. The molecule has 32 heavy (non-hydrogen) atoms. The van der Waals surface area contributed by atoms with Crippen LogP contribution in [-0.4, -0.2) is 53.2 Å². The number of amides is 2. The molecule has 2 N–H and O–H groups in total. The number of fused-ring (bicyclic) bond motifs is 3. The molecule has 7 heteroatoms. The van der Waals surface area contributed by atoms with Gasteiger partial charge < -0.3 is 20.1 Å². The van der Waals surface area contributed by atoms with E-state index in [0.29, 0.717) is 19.4 Å². The molecule has 4 rings (SSSR count). The maximum Gasteiger partial charge on any atom is 0.408 e. The highest BCUT2D eigenvalue weighted by Gasteiger charge is 2.53. The third kappa shape index (κ3) is 4.33. The number of carbonyl (C=O) groups excluding carboxylic acids is 2. The van der Waals surface area contributed by atoms with E-state index in [9.17, 15) is 19.5 Å². The molecule has 1 saturated carbocycles. The van der Waals surface area contributed by atoms with E-state index in [2.05, 4.69) is 17.4 Å². The van der Waals surface area contributed by atoms with Gasteiger partial charge >= 0.3 is 12.1 Å². The first kappa shape index (κ1) is 21.9. The molecule has 0 radical (unpaired) electrons. The van der Waals surface area contributed by atoms with Crippen LogP contribution in [0.2, 0.25) is 0 Å². The van der Waals surface area contributed by atoms with Crippen molar-refractivity contribution in [3.63, 3.8) is 0 Å². The fraction of sp³-hybridized carbons (Fsp3) is 0.400. The highest BCUT2D eigenvalue weighted by molar-refractivity contribution is 5.94. The van der Waals surface area contributed by atoms with E-state index in [-0.39, 0.29) is 30.9 Å². The maximum atomic E-state index is 13.0. The second-order valence-corrected chi connectivity index (χ2v) is 9.01. The lowest BCUT2D eigenvalue weighted by Gasteiger charge is -2.28. The number of nitrogens with one attached hydrogen (secondary N) is 1. The molecule has 0 spiro atoms. The maximum absolute atomic E-state index is 13.0. The molecule has 0 aromatic heterocycles. The first-order valence-electron chi connectivity index (χ1n) is 10.9. The van der Waals surface area contributed by atoms with Crippen molar-refractivity contribution >= 4 is 18.0 Å². The minimum Gasteiger partial charge on any atom is -0.480 e. The SMILES string of the molecule is CC(C)CN(CC(=O)O)C(=O)C1(NC(=O)OCC2c3ccccc3-c3ccccc32)CC1. The lowest BCUT2D eigenvalue weighted by atomic mass is 9.98. The number of alkyl carbamates (subject to hydrolysis) is 1. The Morgan fingerprint density at radius 3 is 2.12 bits per heavy atom. The molecule has 0 unspecified atom stereocenters. The van der Waals surface area contributed by atoms with Gasteiger partial charge in [-0.25, -0.2) is 4.79 Å². The zero-order chi connectivity index (χ0) is 22.9. The van der Waals surface area contributed by atoms with Gasteiger partial charge in [0.25, 0.3) is 0 Å². The normalized spacial score (nSPS) is 15.6. The second-order valence-electron chi connectivity index (χ2n) is 9.01. The molecule has 2 aliphatic carbocycles. The highest BCUT2D eigenvalue weighted by Crippen LogP contribution is 2.44. The first-order valence-corrected chi connectivity index (χ1v) is 10.9. The number of nitrogens with zero attached hydrogens (tertiary/aromatic N) is 1. The lowest BCUT2D eigenvalue weighted by molar-refractivity contribution is -0.146. The van der Waals surface area contributed by atoms with Crippen molar-refractivity contribution in [1.29, 1.82) is 0 Å². The van der Waals surface area contributed by atoms with Gasteiger partial charge in [0.2, 0.25) is 5.91 Å². The van der Waals surface area contributed by atoms with Gasteiger partial charge in [-0.1, -0.05) is 62.4 Å². The van der Waals surface area contributed by atoms with Gasteiger partial charge in [-0.05, 0) is 41.0 Å². The summed E-state index contributed by atoms with van der Waals surface area (Å²) in [5, 5.41) is 11.9. The molecule has 2 aliphatic rings. The average Bonchev–Trinajstić information content (AvgIpc) is 3.46. The van der Waals surface area contributed by atoms with Crippen molar-refractivity contribution in [2.75, 3.05) is 19.7 Å². The third-order valence-corrected chi connectivity index (χ3v) is 6.04. The monoisotopic (exact) mass is 436 g/mol. The number of ether oxygens (including phenoxy) is 1. The van der Waals surface area contributed by atoms with Crippen LogP contribution in [0.4, 0.5) is 4.79 Å². The van der Waals surface area contributed by atoms with Crippen LogP contribution < -0.4 is 5.32 Å². The molecule has 2 aromatic carbocycles. The summed E-state index contributed by atoms with van der Waals surface area (Å²) in [6.07, 6.45) is 0.298. The largest absolute Gasteiger partial charge is 0.480 e. The van der Waals surface area contributed by atoms with Crippen molar-refractivity contribution in [1.82, 2.24) is 10.2 Å². The number of hydrogen-bond donors (Lipinski definition) is 2. The van der Waals surface area contributed by atoms with E-state index in [4.69, 9.17) is 4.74 Å². The van der Waals surface area contributed by atoms with Crippen molar-refractivity contribution in [3.05, 3.63) is 59.7 Å². The van der Waals surface area contributed by atoms with Crippen LogP contribution >= 0.6 is 0 Å². The van der Waals surface area contributed by atoms with Crippen LogP contribution in [0.25, 0.3) is 11.1 Å². The molecule has 0 aliphatic heterocycles. The lowest BCUT2D eigenvalue weighted by Crippen LogP contribution is -2.52. The molecule has 2 aromatic rings. The Kier molecular flexibility index (Phi) is 5.91. The summed E-state index contributed by atoms with van der Waals surface area (Å²) in [4.78, 5) is 38.2. The van der Waals surface area contributed by atoms with E-state index < -0.39 is 17.6 Å². The third-order valence-electron chi connectivity index (χ3n) is 6.04. The quantitative estimate of drug-likeness (QED) is 0.659. The molecule has 168 valence electrons. The number of benzene rings is 2. The zero-order valence-electron chi connectivity index (χ0n) is 18.3. The number of hydrogen-bond acceptors (Lipinski definition) is 4. The summed E-state index contributed by atoms with van der Waals surface area (Å²) in [6, 6.07) is 16.2. The molecule has 0 atom stereocenters. The van der Waals surface area contributed by atoms with E-state index in [1.165, 1.54) is 4.90 Å². The summed E-state index contributed by atoms with van der Waals surface area (Å²) in [7, 11) is 0. The first-order chi connectivity index (χ1) is 15.3. The van der Waals surface area contributed by atoms with Gasteiger partial charge in [0.1, 0.15) is 18.7 Å². The molecule has 0 saturated heterocycles. The van der Waals surface area contributed by atoms with Crippen molar-refractivity contribution in [2.45, 2.75) is 38.1 Å². The van der Waals surface area contributed by atoms with E-state index >= 15 is 0 Å². The van der Waals surface area contributed by atoms with Crippen LogP contribution in [0.1, 0.15) is 43.7 Å². The topological polar surface area (TPSA) is 95.9 Å². The van der Waals surface area contributed by atoms with Gasteiger partial charge in [0.15, 0.2) is 0 Å². The zero-order valence-corrected chi connectivity index (χ0v) is 18.3. The van der Waals surface area contributed by atoms with Crippen LogP contribution in [0.5, 0.6) is 0 Å². The van der Waals surface area contributed by atoms with E-state index in [0.717, 1.165) is 22.3 Å². The van der Waals surface area contributed by atoms with Crippen molar-refractivity contribution in [3.8, 4) is 11.1 Å². The number of carbonyl (C=O) groups is 3. The molecule has 1 fully saturated rings. The Bertz CT molecular complexity index is 999. The predicted octanol–water partition coefficient (Wildman–Crippen LogP) is 3.63. The van der Waals surface area contributed by atoms with Gasteiger partial charge in [0, 0.05) is 12.5 Å². The predicted molar refractivity (Wildman–Crippen MR) is 119 cm³/mol. The van der Waals surface area contributed by atoms with Gasteiger partial charge in [-0.3, -0.25) is 9.59 Å². The Balaban J connectivity index is 1.42. The molecule has 7 nitrogen and oxygen atoms in total. The Morgan fingerprint density at radius 2 is 1.62 bits per heavy atom. The Labute approximate surface area is 187 Å². The van der Waals surface area contributed by atoms with Crippen LogP contribution in [0, 0.1) is 5.92 Å². The highest BCUT2D eigenvalue weighted by atomic mass is 16.5. The van der Waals surface area contributed by atoms with Gasteiger partial charge in [-0.15, -0.1) is 0 Å². The smallest absolute Gasteiger partial charge is 0.408 e. The molecular weight excluding hydrogens is 408 g/mol. The van der Waals surface area contributed by atoms with E-state index in [1.807, 2.05) is 50.2 Å². The number of carboxylic acids is 1. The standard InChI is InChI=1S/C25H28N2O5/c1-16(2)13-27(14-22(28)29)23(30)25(11-12-25)26-24(31)32-15-21-19-9-5-3-7-17(19)18-8-4-6-10-20(18)21/h3-10,16,21H,11-15H2,1-2H3,(H,26,31)(H,28,29). The Hall–Kier alpha value is -3.35. The molecule has 2 amide bonds. The number of rotatable bonds is 8. The van der Waals surface area contributed by atoms with Crippen molar-refractivity contribution < 1.29 is 24.2 Å². The van der Waals surface area contributed by atoms with Gasteiger partial charge in [-0.2, -0.15) is 0 Å². The van der Waals surface area contributed by atoms with Crippen LogP contribution in [0.3, 0.4) is 0 Å². The number of aliphatic carboxylic acids is 1. The van der Waals surface area contributed by atoms with Gasteiger partial charge in [0.05, 0.1) is 0 Å². The summed E-state index contributed by atoms with van der Waals surface area (Å²) in [6.45, 7) is 3.93.